The third-order valence-electron chi connectivity index (χ3n) is 12.1. The van der Waals surface area contributed by atoms with E-state index >= 15 is 0 Å². The first-order valence-electron chi connectivity index (χ1n) is 19.5. The lowest BCUT2D eigenvalue weighted by molar-refractivity contribution is 0.797. The van der Waals surface area contributed by atoms with Crippen molar-refractivity contribution >= 4 is 21.5 Å². The lowest BCUT2D eigenvalue weighted by Crippen LogP contribution is -2.26. The maximum absolute atomic E-state index is 5.01. The molecule has 57 heavy (non-hydrogen) atoms. The molecule has 1 aromatic heterocycles. The van der Waals surface area contributed by atoms with Crippen LogP contribution < -0.4 is 0 Å². The number of aromatic nitrogens is 3. The fourth-order valence-electron chi connectivity index (χ4n) is 9.62. The van der Waals surface area contributed by atoms with Gasteiger partial charge < -0.3 is 0 Å². The van der Waals surface area contributed by atoms with Gasteiger partial charge in [-0.05, 0) is 95.4 Å². The SMILES string of the molecule is c1ccc(-c2nc(-c3ccccc3)nc(-c3cccc(-c4cccc(-c5ccc6c(c5)C5(c7ccccc7-6)c6cccc7ccc8cccc5c8c67)c4)c3)n2)cc1. The van der Waals surface area contributed by atoms with Crippen LogP contribution in [0.5, 0.6) is 0 Å². The van der Waals surface area contributed by atoms with Crippen LogP contribution in [0, 0.1) is 0 Å². The summed E-state index contributed by atoms with van der Waals surface area (Å²) < 4.78 is 0. The van der Waals surface area contributed by atoms with Crippen LogP contribution in [-0.2, 0) is 5.41 Å². The third kappa shape index (κ3) is 4.69. The average molecular weight is 724 g/mol. The minimum atomic E-state index is -0.391. The fraction of sp³-hybridized carbons (Fsp3) is 0.0185. The number of hydrogen-bond donors (Lipinski definition) is 0. The second kappa shape index (κ2) is 12.3. The average Bonchev–Trinajstić information content (AvgIpc) is 3.77. The van der Waals surface area contributed by atoms with Gasteiger partial charge in [0.2, 0.25) is 0 Å². The van der Waals surface area contributed by atoms with Crippen LogP contribution in [0.3, 0.4) is 0 Å². The van der Waals surface area contributed by atoms with Crippen LogP contribution >= 0.6 is 0 Å². The normalized spacial score (nSPS) is 13.1. The van der Waals surface area contributed by atoms with Gasteiger partial charge in [-0.25, -0.2) is 15.0 Å². The predicted molar refractivity (Wildman–Crippen MR) is 233 cm³/mol. The summed E-state index contributed by atoms with van der Waals surface area (Å²) >= 11 is 0. The molecule has 1 heterocycles. The quantitative estimate of drug-likeness (QED) is 0.166. The van der Waals surface area contributed by atoms with Gasteiger partial charge in [0.05, 0.1) is 5.41 Å². The van der Waals surface area contributed by atoms with Crippen LogP contribution in [0.25, 0.3) is 89.1 Å². The summed E-state index contributed by atoms with van der Waals surface area (Å²) in [6.45, 7) is 0. The van der Waals surface area contributed by atoms with Crippen molar-refractivity contribution in [1.29, 1.82) is 0 Å². The molecule has 1 spiro atoms. The molecule has 9 aromatic carbocycles. The van der Waals surface area contributed by atoms with E-state index in [0.717, 1.165) is 27.8 Å². The molecule has 3 nitrogen and oxygen atoms in total. The predicted octanol–water partition coefficient (Wildman–Crippen LogP) is 13.2. The Morgan fingerprint density at radius 1 is 0.263 bits per heavy atom. The summed E-state index contributed by atoms with van der Waals surface area (Å²) in [5.41, 5.74) is 15.2. The van der Waals surface area contributed by atoms with Crippen molar-refractivity contribution in [3.05, 3.63) is 222 Å². The Hall–Kier alpha value is -7.49. The zero-order chi connectivity index (χ0) is 37.5. The van der Waals surface area contributed by atoms with Gasteiger partial charge in [0, 0.05) is 16.7 Å². The summed E-state index contributed by atoms with van der Waals surface area (Å²) in [7, 11) is 0. The largest absolute Gasteiger partial charge is 0.208 e. The molecule has 0 saturated heterocycles. The Bertz CT molecular complexity index is 3120. The zero-order valence-corrected chi connectivity index (χ0v) is 30.9. The molecule has 0 bridgehead atoms. The van der Waals surface area contributed by atoms with Crippen molar-refractivity contribution in [3.63, 3.8) is 0 Å². The summed E-state index contributed by atoms with van der Waals surface area (Å²) in [6, 6.07) is 72.2. The highest BCUT2D eigenvalue weighted by molar-refractivity contribution is 6.17. The zero-order valence-electron chi connectivity index (χ0n) is 30.9. The molecule has 2 aliphatic rings. The highest BCUT2D eigenvalue weighted by Crippen LogP contribution is 2.62. The molecule has 0 saturated carbocycles. The molecule has 264 valence electrons. The van der Waals surface area contributed by atoms with Gasteiger partial charge in [-0.2, -0.15) is 0 Å². The van der Waals surface area contributed by atoms with Gasteiger partial charge in [-0.1, -0.05) is 182 Å². The van der Waals surface area contributed by atoms with E-state index in [2.05, 4.69) is 140 Å². The Balaban J connectivity index is 0.985. The van der Waals surface area contributed by atoms with Gasteiger partial charge in [0.15, 0.2) is 17.5 Å². The standard InChI is InChI=1S/C54H33N3/c1-3-13-36(14-4-1)51-55-52(37-15-5-2-6-16-37)57-53(56-51)42-22-10-21-40(32-42)38-19-9-20-39(31-38)41-29-30-44-43-23-7-8-24-45(43)54(48(44)33-41)46-25-11-17-34-27-28-35-18-12-26-47(54)50(35)49(34)46/h1-33H. The molecule has 0 fully saturated rings. The van der Waals surface area contributed by atoms with E-state index in [-0.39, 0.29) is 0 Å². The highest BCUT2D eigenvalue weighted by atomic mass is 15.0. The second-order valence-electron chi connectivity index (χ2n) is 15.1. The highest BCUT2D eigenvalue weighted by Gasteiger charge is 2.50. The van der Waals surface area contributed by atoms with E-state index in [9.17, 15) is 0 Å². The van der Waals surface area contributed by atoms with Crippen molar-refractivity contribution in [3.8, 4) is 67.5 Å². The van der Waals surface area contributed by atoms with Crippen LogP contribution in [0.2, 0.25) is 0 Å². The fourth-order valence-corrected chi connectivity index (χ4v) is 9.62. The summed E-state index contributed by atoms with van der Waals surface area (Å²) in [4.78, 5) is 14.9. The van der Waals surface area contributed by atoms with Crippen LogP contribution in [0.4, 0.5) is 0 Å². The molecular formula is C54H33N3. The van der Waals surface area contributed by atoms with E-state index in [1.165, 1.54) is 66.1 Å². The topological polar surface area (TPSA) is 38.7 Å². The molecule has 10 aromatic rings. The maximum Gasteiger partial charge on any atom is 0.164 e. The van der Waals surface area contributed by atoms with Crippen LogP contribution in [0.1, 0.15) is 22.3 Å². The lowest BCUT2D eigenvalue weighted by atomic mass is 9.70. The Morgan fingerprint density at radius 2 is 0.684 bits per heavy atom. The first kappa shape index (κ1) is 31.8. The van der Waals surface area contributed by atoms with Crippen molar-refractivity contribution in [1.82, 2.24) is 15.0 Å². The molecule has 3 heteroatoms. The van der Waals surface area contributed by atoms with Gasteiger partial charge in [0.1, 0.15) is 0 Å². The molecule has 0 unspecified atom stereocenters. The minimum Gasteiger partial charge on any atom is -0.208 e. The van der Waals surface area contributed by atoms with Gasteiger partial charge in [-0.3, -0.25) is 0 Å². The number of fused-ring (bicyclic) bond motifs is 7. The van der Waals surface area contributed by atoms with Gasteiger partial charge >= 0.3 is 0 Å². The minimum absolute atomic E-state index is 0.391. The molecular weight excluding hydrogens is 691 g/mol. The van der Waals surface area contributed by atoms with Crippen LogP contribution in [0.15, 0.2) is 200 Å². The first-order valence-corrected chi connectivity index (χ1v) is 19.5. The summed E-state index contributed by atoms with van der Waals surface area (Å²) in [6.07, 6.45) is 0. The van der Waals surface area contributed by atoms with E-state index in [1.807, 2.05) is 60.7 Å². The number of rotatable bonds is 5. The smallest absolute Gasteiger partial charge is 0.164 e. The molecule has 0 radical (unpaired) electrons. The van der Waals surface area contributed by atoms with Crippen molar-refractivity contribution in [2.75, 3.05) is 0 Å². The van der Waals surface area contributed by atoms with E-state index in [4.69, 9.17) is 15.0 Å². The lowest BCUT2D eigenvalue weighted by Gasteiger charge is -2.31. The summed E-state index contributed by atoms with van der Waals surface area (Å²) in [5.74, 6) is 1.95. The van der Waals surface area contributed by atoms with E-state index in [0.29, 0.717) is 17.5 Å². The van der Waals surface area contributed by atoms with Crippen molar-refractivity contribution in [2.45, 2.75) is 5.41 Å². The van der Waals surface area contributed by atoms with Gasteiger partial charge in [0.25, 0.3) is 0 Å². The van der Waals surface area contributed by atoms with E-state index < -0.39 is 5.41 Å². The molecule has 12 rings (SSSR count). The van der Waals surface area contributed by atoms with Crippen molar-refractivity contribution < 1.29 is 0 Å². The molecule has 0 atom stereocenters. The van der Waals surface area contributed by atoms with Gasteiger partial charge in [-0.15, -0.1) is 0 Å². The first-order chi connectivity index (χ1) is 28.2. The van der Waals surface area contributed by atoms with Crippen LogP contribution in [-0.4, -0.2) is 15.0 Å². The number of nitrogens with zero attached hydrogens (tertiary/aromatic N) is 3. The number of hydrogen-bond acceptors (Lipinski definition) is 3. The van der Waals surface area contributed by atoms with Crippen molar-refractivity contribution in [2.24, 2.45) is 0 Å². The Kier molecular flexibility index (Phi) is 6.84. The molecule has 0 aliphatic heterocycles. The monoisotopic (exact) mass is 723 g/mol. The molecule has 2 aliphatic carbocycles. The molecule has 0 amide bonds. The second-order valence-corrected chi connectivity index (χ2v) is 15.1. The Labute approximate surface area is 330 Å². The number of benzene rings is 9. The third-order valence-corrected chi connectivity index (χ3v) is 12.1. The summed E-state index contributed by atoms with van der Waals surface area (Å²) in [5, 5.41) is 5.35. The van der Waals surface area contributed by atoms with E-state index in [1.54, 1.807) is 0 Å². The molecule has 0 N–H and O–H groups in total. The maximum atomic E-state index is 5.01. The Morgan fingerprint density at radius 3 is 1.28 bits per heavy atom.